The Morgan fingerprint density at radius 2 is 2.00 bits per heavy atom. The van der Waals surface area contributed by atoms with Crippen LogP contribution in [0, 0.1) is 15.9 Å². The van der Waals surface area contributed by atoms with Crippen molar-refractivity contribution in [3.05, 3.63) is 67.9 Å². The summed E-state index contributed by atoms with van der Waals surface area (Å²) in [6, 6.07) is 8.16. The van der Waals surface area contributed by atoms with Gasteiger partial charge in [0.05, 0.1) is 11.0 Å². The quantitative estimate of drug-likeness (QED) is 0.618. The van der Waals surface area contributed by atoms with Crippen LogP contribution in [0.15, 0.2) is 36.4 Å². The van der Waals surface area contributed by atoms with Crippen LogP contribution < -0.4 is 5.32 Å². The minimum Gasteiger partial charge on any atom is -0.371 e. The average molecular weight is 329 g/mol. The van der Waals surface area contributed by atoms with Crippen LogP contribution in [-0.2, 0) is 0 Å². The minimum absolute atomic E-state index is 0.166. The van der Waals surface area contributed by atoms with Crippen molar-refractivity contribution in [1.29, 1.82) is 0 Å². The minimum atomic E-state index is -0.693. The van der Waals surface area contributed by atoms with Crippen LogP contribution in [0.4, 0.5) is 15.8 Å². The first-order valence-corrected chi connectivity index (χ1v) is 6.80. The standard InChI is InChI=1S/C14H11Cl2FN2O2/c1-8(10-6-5-9(15)7-11(10)16)18-14-12(17)3-2-4-13(14)19(20)21/h2-8,18H,1H3. The second-order valence-electron chi connectivity index (χ2n) is 4.42. The van der Waals surface area contributed by atoms with Gasteiger partial charge in [-0.3, -0.25) is 10.1 Å². The Kier molecular flexibility index (Phi) is 4.65. The number of benzene rings is 2. The molecule has 0 aliphatic carbocycles. The lowest BCUT2D eigenvalue weighted by atomic mass is 10.1. The first kappa shape index (κ1) is 15.5. The third kappa shape index (κ3) is 3.43. The van der Waals surface area contributed by atoms with Gasteiger partial charge in [-0.05, 0) is 30.7 Å². The summed E-state index contributed by atoms with van der Waals surface area (Å²) in [6.07, 6.45) is 0. The van der Waals surface area contributed by atoms with Gasteiger partial charge >= 0.3 is 0 Å². The molecular formula is C14H11Cl2FN2O2. The Bertz CT molecular complexity index is 695. The summed E-state index contributed by atoms with van der Waals surface area (Å²) >= 11 is 11.9. The number of rotatable bonds is 4. The third-order valence-corrected chi connectivity index (χ3v) is 3.54. The Morgan fingerprint density at radius 1 is 1.29 bits per heavy atom. The van der Waals surface area contributed by atoms with Gasteiger partial charge in [0.2, 0.25) is 0 Å². The SMILES string of the molecule is CC(Nc1c(F)cccc1[N+](=O)[O-])c1ccc(Cl)cc1Cl. The number of hydrogen-bond donors (Lipinski definition) is 1. The molecule has 1 unspecified atom stereocenters. The molecule has 0 bridgehead atoms. The molecular weight excluding hydrogens is 318 g/mol. The number of para-hydroxylation sites is 1. The molecule has 0 saturated carbocycles. The van der Waals surface area contributed by atoms with Crippen LogP contribution in [0.2, 0.25) is 10.0 Å². The lowest BCUT2D eigenvalue weighted by Crippen LogP contribution is -2.10. The Morgan fingerprint density at radius 3 is 2.62 bits per heavy atom. The maximum atomic E-state index is 13.8. The van der Waals surface area contributed by atoms with E-state index in [1.54, 1.807) is 25.1 Å². The van der Waals surface area contributed by atoms with Crippen LogP contribution in [0.3, 0.4) is 0 Å². The number of nitro groups is 1. The Hall–Kier alpha value is -1.85. The summed E-state index contributed by atoms with van der Waals surface area (Å²) in [5.74, 6) is -0.693. The normalized spacial score (nSPS) is 12.0. The number of nitrogens with zero attached hydrogens (tertiary/aromatic N) is 1. The molecule has 0 saturated heterocycles. The topological polar surface area (TPSA) is 55.2 Å². The van der Waals surface area contributed by atoms with Crippen molar-refractivity contribution in [3.63, 3.8) is 0 Å². The first-order chi connectivity index (χ1) is 9.90. The molecule has 0 radical (unpaired) electrons. The van der Waals surface area contributed by atoms with E-state index in [1.807, 2.05) is 0 Å². The van der Waals surface area contributed by atoms with E-state index in [1.165, 1.54) is 12.1 Å². The Labute approximate surface area is 130 Å². The fraction of sp³-hybridized carbons (Fsp3) is 0.143. The number of hydrogen-bond acceptors (Lipinski definition) is 3. The van der Waals surface area contributed by atoms with Gasteiger partial charge in [-0.25, -0.2) is 4.39 Å². The van der Waals surface area contributed by atoms with E-state index in [9.17, 15) is 14.5 Å². The van der Waals surface area contributed by atoms with Crippen LogP contribution in [0.5, 0.6) is 0 Å². The summed E-state index contributed by atoms with van der Waals surface area (Å²) < 4.78 is 13.8. The molecule has 0 aliphatic heterocycles. The van der Waals surface area contributed by atoms with Gasteiger partial charge in [0.1, 0.15) is 5.69 Å². The lowest BCUT2D eigenvalue weighted by molar-refractivity contribution is -0.384. The van der Waals surface area contributed by atoms with Gasteiger partial charge in [0, 0.05) is 16.1 Å². The lowest BCUT2D eigenvalue weighted by Gasteiger charge is -2.17. The van der Waals surface area contributed by atoms with Crippen molar-refractivity contribution in [3.8, 4) is 0 Å². The highest BCUT2D eigenvalue weighted by atomic mass is 35.5. The highest BCUT2D eigenvalue weighted by molar-refractivity contribution is 6.35. The van der Waals surface area contributed by atoms with E-state index in [-0.39, 0.29) is 11.4 Å². The zero-order valence-corrected chi connectivity index (χ0v) is 12.5. The van der Waals surface area contributed by atoms with E-state index in [0.29, 0.717) is 15.6 Å². The molecule has 4 nitrogen and oxygen atoms in total. The highest BCUT2D eigenvalue weighted by Gasteiger charge is 2.20. The summed E-state index contributed by atoms with van der Waals surface area (Å²) in [5, 5.41) is 14.6. The summed E-state index contributed by atoms with van der Waals surface area (Å²) in [6.45, 7) is 1.73. The van der Waals surface area contributed by atoms with E-state index in [4.69, 9.17) is 23.2 Å². The van der Waals surface area contributed by atoms with Crippen molar-refractivity contribution in [1.82, 2.24) is 0 Å². The summed E-state index contributed by atoms with van der Waals surface area (Å²) in [7, 11) is 0. The van der Waals surface area contributed by atoms with Crippen LogP contribution >= 0.6 is 23.2 Å². The molecule has 0 amide bonds. The Balaban J connectivity index is 2.36. The molecule has 1 atom stereocenters. The molecule has 7 heteroatoms. The van der Waals surface area contributed by atoms with Crippen LogP contribution in [0.1, 0.15) is 18.5 Å². The summed E-state index contributed by atoms with van der Waals surface area (Å²) in [5.41, 5.74) is 0.173. The molecule has 0 fully saturated rings. The molecule has 21 heavy (non-hydrogen) atoms. The molecule has 0 aliphatic rings. The molecule has 0 aromatic heterocycles. The second-order valence-corrected chi connectivity index (χ2v) is 5.27. The van der Waals surface area contributed by atoms with Crippen molar-refractivity contribution in [2.45, 2.75) is 13.0 Å². The largest absolute Gasteiger partial charge is 0.371 e. The highest BCUT2D eigenvalue weighted by Crippen LogP contribution is 2.33. The average Bonchev–Trinajstić information content (AvgIpc) is 2.40. The zero-order chi connectivity index (χ0) is 15.6. The smallest absolute Gasteiger partial charge is 0.295 e. The van der Waals surface area contributed by atoms with E-state index in [0.717, 1.165) is 6.07 Å². The molecule has 2 rings (SSSR count). The van der Waals surface area contributed by atoms with Gasteiger partial charge in [-0.1, -0.05) is 35.3 Å². The zero-order valence-electron chi connectivity index (χ0n) is 10.9. The predicted octanol–water partition coefficient (Wildman–Crippen LogP) is 5.21. The summed E-state index contributed by atoms with van der Waals surface area (Å²) in [4.78, 5) is 10.3. The maximum absolute atomic E-state index is 13.8. The van der Waals surface area contributed by atoms with Gasteiger partial charge in [0.15, 0.2) is 5.82 Å². The van der Waals surface area contributed by atoms with Gasteiger partial charge in [-0.2, -0.15) is 0 Å². The fourth-order valence-corrected chi connectivity index (χ4v) is 2.53. The van der Waals surface area contributed by atoms with Gasteiger partial charge in [0.25, 0.3) is 5.69 Å². The van der Waals surface area contributed by atoms with Crippen LogP contribution in [0.25, 0.3) is 0 Å². The van der Waals surface area contributed by atoms with Crippen LogP contribution in [-0.4, -0.2) is 4.92 Å². The number of halogens is 3. The number of anilines is 1. The monoisotopic (exact) mass is 328 g/mol. The van der Waals surface area contributed by atoms with E-state index >= 15 is 0 Å². The molecule has 1 N–H and O–H groups in total. The molecule has 2 aromatic carbocycles. The predicted molar refractivity (Wildman–Crippen MR) is 81.6 cm³/mol. The number of nitro benzene ring substituents is 1. The van der Waals surface area contributed by atoms with Gasteiger partial charge < -0.3 is 5.32 Å². The van der Waals surface area contributed by atoms with Crippen molar-refractivity contribution in [2.24, 2.45) is 0 Å². The van der Waals surface area contributed by atoms with Crippen molar-refractivity contribution >= 4 is 34.6 Å². The number of nitrogens with one attached hydrogen (secondary N) is 1. The fourth-order valence-electron chi connectivity index (χ4n) is 1.95. The molecule has 0 heterocycles. The van der Waals surface area contributed by atoms with Gasteiger partial charge in [-0.15, -0.1) is 0 Å². The van der Waals surface area contributed by atoms with E-state index < -0.39 is 16.8 Å². The molecule has 0 spiro atoms. The van der Waals surface area contributed by atoms with Crippen molar-refractivity contribution < 1.29 is 9.31 Å². The van der Waals surface area contributed by atoms with Crippen molar-refractivity contribution in [2.75, 3.05) is 5.32 Å². The third-order valence-electron chi connectivity index (χ3n) is 2.98. The molecule has 110 valence electrons. The second kappa shape index (κ2) is 6.28. The maximum Gasteiger partial charge on any atom is 0.295 e. The van der Waals surface area contributed by atoms with E-state index in [2.05, 4.69) is 5.32 Å². The molecule has 2 aromatic rings. The first-order valence-electron chi connectivity index (χ1n) is 6.04.